The van der Waals surface area contributed by atoms with Crippen LogP contribution in [0.4, 0.5) is 0 Å². The monoisotopic (exact) mass is 392 g/mol. The maximum atomic E-state index is 5.76. The van der Waals surface area contributed by atoms with E-state index in [1.807, 2.05) is 13.1 Å². The first-order valence-corrected chi connectivity index (χ1v) is 10.7. The van der Waals surface area contributed by atoms with Crippen LogP contribution in [0.3, 0.4) is 0 Å². The molecule has 2 atom stereocenters. The van der Waals surface area contributed by atoms with Crippen LogP contribution in [0.2, 0.25) is 0 Å². The average Bonchev–Trinajstić information content (AvgIpc) is 3.44. The molecule has 0 bridgehead atoms. The van der Waals surface area contributed by atoms with Gasteiger partial charge in [-0.25, -0.2) is 0 Å². The lowest BCUT2D eigenvalue weighted by atomic mass is 10.1. The molecule has 2 aliphatic heterocycles. The summed E-state index contributed by atoms with van der Waals surface area (Å²) in [5.41, 5.74) is 0. The Bertz CT molecular complexity index is 552. The van der Waals surface area contributed by atoms with Crippen LogP contribution in [0.1, 0.15) is 43.9 Å². The van der Waals surface area contributed by atoms with Crippen molar-refractivity contribution in [2.75, 3.05) is 59.7 Å². The molecule has 2 unspecified atom stereocenters. The van der Waals surface area contributed by atoms with Crippen molar-refractivity contribution < 1.29 is 13.9 Å². The topological polar surface area (TPSA) is 71.3 Å². The minimum atomic E-state index is 0.241. The largest absolute Gasteiger partial charge is 0.468 e. The molecule has 158 valence electrons. The molecule has 0 spiro atoms. The third-order valence-corrected chi connectivity index (χ3v) is 5.52. The van der Waals surface area contributed by atoms with Crippen molar-refractivity contribution in [3.8, 4) is 0 Å². The number of furan rings is 1. The summed E-state index contributed by atoms with van der Waals surface area (Å²) >= 11 is 0. The molecule has 0 radical (unpaired) electrons. The fourth-order valence-electron chi connectivity index (χ4n) is 3.88. The summed E-state index contributed by atoms with van der Waals surface area (Å²) in [6.07, 6.45) is 7.70. The van der Waals surface area contributed by atoms with Crippen LogP contribution < -0.4 is 10.6 Å². The van der Waals surface area contributed by atoms with Crippen LogP contribution in [0.5, 0.6) is 0 Å². The van der Waals surface area contributed by atoms with Gasteiger partial charge in [-0.3, -0.25) is 9.89 Å². The molecule has 2 saturated heterocycles. The second-order valence-corrected chi connectivity index (χ2v) is 7.67. The molecular formula is C21H36N4O3. The van der Waals surface area contributed by atoms with Gasteiger partial charge >= 0.3 is 0 Å². The molecule has 2 fully saturated rings. The predicted octanol–water partition coefficient (Wildman–Crippen LogP) is 2.41. The van der Waals surface area contributed by atoms with E-state index in [2.05, 4.69) is 26.6 Å². The number of hydrogen-bond acceptors (Lipinski definition) is 5. The van der Waals surface area contributed by atoms with Crippen molar-refractivity contribution in [2.45, 2.75) is 38.1 Å². The first-order chi connectivity index (χ1) is 13.9. The summed E-state index contributed by atoms with van der Waals surface area (Å²) in [6, 6.07) is 4.28. The Morgan fingerprint density at radius 2 is 2.21 bits per heavy atom. The Hall–Kier alpha value is -1.57. The van der Waals surface area contributed by atoms with Crippen LogP contribution in [0.15, 0.2) is 27.8 Å². The van der Waals surface area contributed by atoms with E-state index in [4.69, 9.17) is 13.9 Å². The molecule has 0 aliphatic carbocycles. The number of guanidine groups is 1. The standard InChI is InChI=1S/C21H36N4O3/c1-22-21(23-9-6-12-26-16-18-8-14-27-17-18)24-15-19(20-7-5-13-28-20)25-10-3-2-4-11-25/h5,7,13,18-19H,2-4,6,8-12,14-17H2,1H3,(H2,22,23,24). The molecule has 1 aromatic rings. The van der Waals surface area contributed by atoms with Gasteiger partial charge in [0.15, 0.2) is 5.96 Å². The molecule has 0 aromatic carbocycles. The molecule has 28 heavy (non-hydrogen) atoms. The van der Waals surface area contributed by atoms with E-state index < -0.39 is 0 Å². The van der Waals surface area contributed by atoms with Crippen LogP contribution >= 0.6 is 0 Å². The molecule has 2 N–H and O–H groups in total. The summed E-state index contributed by atoms with van der Waals surface area (Å²) in [7, 11) is 1.81. The summed E-state index contributed by atoms with van der Waals surface area (Å²) in [5.74, 6) is 2.43. The number of aliphatic imine (C=N–C) groups is 1. The number of nitrogens with zero attached hydrogens (tertiary/aromatic N) is 2. The molecule has 2 aliphatic rings. The highest BCUT2D eigenvalue weighted by Gasteiger charge is 2.24. The number of ether oxygens (including phenoxy) is 2. The molecule has 0 saturated carbocycles. The lowest BCUT2D eigenvalue weighted by Gasteiger charge is -2.33. The van der Waals surface area contributed by atoms with Crippen molar-refractivity contribution in [1.29, 1.82) is 0 Å². The van der Waals surface area contributed by atoms with Gasteiger partial charge in [-0.05, 0) is 50.9 Å². The van der Waals surface area contributed by atoms with Crippen molar-refractivity contribution in [3.63, 3.8) is 0 Å². The van der Waals surface area contributed by atoms with E-state index in [1.165, 1.54) is 19.3 Å². The van der Waals surface area contributed by atoms with Gasteiger partial charge in [-0.2, -0.15) is 0 Å². The second-order valence-electron chi connectivity index (χ2n) is 7.67. The summed E-state index contributed by atoms with van der Waals surface area (Å²) in [5, 5.41) is 6.86. The Morgan fingerprint density at radius 1 is 1.32 bits per heavy atom. The molecule has 7 nitrogen and oxygen atoms in total. The van der Waals surface area contributed by atoms with Gasteiger partial charge in [0, 0.05) is 39.3 Å². The smallest absolute Gasteiger partial charge is 0.191 e. The van der Waals surface area contributed by atoms with E-state index in [0.29, 0.717) is 5.92 Å². The fourth-order valence-corrected chi connectivity index (χ4v) is 3.88. The number of piperidine rings is 1. The third kappa shape index (κ3) is 6.79. The zero-order valence-corrected chi connectivity index (χ0v) is 17.2. The third-order valence-electron chi connectivity index (χ3n) is 5.52. The van der Waals surface area contributed by atoms with E-state index in [1.54, 1.807) is 6.26 Å². The van der Waals surface area contributed by atoms with Gasteiger partial charge in [0.1, 0.15) is 5.76 Å². The maximum Gasteiger partial charge on any atom is 0.191 e. The normalized spacial score (nSPS) is 22.3. The highest BCUT2D eigenvalue weighted by Crippen LogP contribution is 2.24. The molecule has 0 amide bonds. The zero-order valence-electron chi connectivity index (χ0n) is 17.2. The van der Waals surface area contributed by atoms with Gasteiger partial charge in [-0.1, -0.05) is 6.42 Å². The van der Waals surface area contributed by atoms with Crippen molar-refractivity contribution in [2.24, 2.45) is 10.9 Å². The second kappa shape index (κ2) is 12.1. The van der Waals surface area contributed by atoms with Crippen LogP contribution in [-0.2, 0) is 9.47 Å². The minimum Gasteiger partial charge on any atom is -0.468 e. The molecule has 3 rings (SSSR count). The lowest BCUT2D eigenvalue weighted by molar-refractivity contribution is 0.0888. The van der Waals surface area contributed by atoms with Gasteiger partial charge in [0.05, 0.1) is 25.5 Å². The Labute approximate surface area is 168 Å². The van der Waals surface area contributed by atoms with Crippen molar-refractivity contribution in [3.05, 3.63) is 24.2 Å². The summed E-state index contributed by atoms with van der Waals surface area (Å²) in [6.45, 7) is 7.19. The Balaban J connectivity index is 1.35. The van der Waals surface area contributed by atoms with Crippen molar-refractivity contribution >= 4 is 5.96 Å². The van der Waals surface area contributed by atoms with E-state index in [9.17, 15) is 0 Å². The van der Waals surface area contributed by atoms with E-state index in [-0.39, 0.29) is 6.04 Å². The first-order valence-electron chi connectivity index (χ1n) is 10.7. The Morgan fingerprint density at radius 3 is 2.93 bits per heavy atom. The molecule has 7 heteroatoms. The van der Waals surface area contributed by atoms with Crippen LogP contribution in [0, 0.1) is 5.92 Å². The average molecular weight is 393 g/mol. The minimum absolute atomic E-state index is 0.241. The van der Waals surface area contributed by atoms with E-state index in [0.717, 1.165) is 77.2 Å². The maximum absolute atomic E-state index is 5.76. The number of nitrogens with one attached hydrogen (secondary N) is 2. The van der Waals surface area contributed by atoms with Crippen LogP contribution in [-0.4, -0.2) is 70.5 Å². The number of hydrogen-bond donors (Lipinski definition) is 2. The molecular weight excluding hydrogens is 356 g/mol. The summed E-state index contributed by atoms with van der Waals surface area (Å²) in [4.78, 5) is 6.87. The fraction of sp³-hybridized carbons (Fsp3) is 0.762. The number of likely N-dealkylation sites (tertiary alicyclic amines) is 1. The van der Waals surface area contributed by atoms with Gasteiger partial charge in [-0.15, -0.1) is 0 Å². The number of rotatable bonds is 10. The quantitative estimate of drug-likeness (QED) is 0.362. The van der Waals surface area contributed by atoms with E-state index >= 15 is 0 Å². The SMILES string of the molecule is CN=C(NCCCOCC1CCOC1)NCC(c1ccco1)N1CCCCC1. The zero-order chi connectivity index (χ0) is 19.4. The van der Waals surface area contributed by atoms with Gasteiger partial charge < -0.3 is 24.5 Å². The van der Waals surface area contributed by atoms with Crippen molar-refractivity contribution in [1.82, 2.24) is 15.5 Å². The van der Waals surface area contributed by atoms with Gasteiger partial charge in [0.25, 0.3) is 0 Å². The first kappa shape index (κ1) is 21.1. The van der Waals surface area contributed by atoms with Crippen LogP contribution in [0.25, 0.3) is 0 Å². The molecule has 3 heterocycles. The summed E-state index contributed by atoms with van der Waals surface area (Å²) < 4.78 is 16.8. The molecule has 1 aromatic heterocycles. The lowest BCUT2D eigenvalue weighted by Crippen LogP contribution is -2.44. The highest BCUT2D eigenvalue weighted by molar-refractivity contribution is 5.79. The predicted molar refractivity (Wildman–Crippen MR) is 111 cm³/mol. The van der Waals surface area contributed by atoms with Gasteiger partial charge in [0.2, 0.25) is 0 Å². The Kier molecular flexibility index (Phi) is 9.13. The highest BCUT2D eigenvalue weighted by atomic mass is 16.5.